The molecule has 5 nitrogen and oxygen atoms in total. The molecule has 0 aliphatic rings. The highest BCUT2D eigenvalue weighted by atomic mass is 16.5. The SMILES string of the molecule is COc1cncnc1NC(C)C(C)N. The number of hydrogen-bond donors (Lipinski definition) is 2. The number of rotatable bonds is 4. The molecule has 0 saturated carbocycles. The lowest BCUT2D eigenvalue weighted by molar-refractivity contribution is 0.411. The molecule has 5 heteroatoms. The molecule has 2 atom stereocenters. The molecule has 1 aromatic heterocycles. The number of nitrogens with zero attached hydrogens (tertiary/aromatic N) is 2. The van der Waals surface area contributed by atoms with Gasteiger partial charge >= 0.3 is 0 Å². The van der Waals surface area contributed by atoms with Crippen molar-refractivity contribution in [1.82, 2.24) is 9.97 Å². The van der Waals surface area contributed by atoms with Gasteiger partial charge in [-0.1, -0.05) is 0 Å². The van der Waals surface area contributed by atoms with E-state index in [1.54, 1.807) is 13.3 Å². The lowest BCUT2D eigenvalue weighted by atomic mass is 10.2. The average molecular weight is 196 g/mol. The summed E-state index contributed by atoms with van der Waals surface area (Å²) in [4.78, 5) is 7.93. The summed E-state index contributed by atoms with van der Waals surface area (Å²) in [5.74, 6) is 1.30. The summed E-state index contributed by atoms with van der Waals surface area (Å²) >= 11 is 0. The first-order chi connectivity index (χ1) is 6.65. The summed E-state index contributed by atoms with van der Waals surface area (Å²) in [7, 11) is 1.58. The fourth-order valence-corrected chi connectivity index (χ4v) is 0.922. The Labute approximate surface area is 83.7 Å². The summed E-state index contributed by atoms with van der Waals surface area (Å²) in [6, 6.07) is 0.188. The Morgan fingerprint density at radius 2 is 2.21 bits per heavy atom. The minimum atomic E-state index is 0.0506. The van der Waals surface area contributed by atoms with Crippen molar-refractivity contribution >= 4 is 5.82 Å². The zero-order valence-corrected chi connectivity index (χ0v) is 8.69. The van der Waals surface area contributed by atoms with Gasteiger partial charge in [0.1, 0.15) is 6.33 Å². The molecule has 78 valence electrons. The number of methoxy groups -OCH3 is 1. The van der Waals surface area contributed by atoms with Gasteiger partial charge in [0.15, 0.2) is 11.6 Å². The molecule has 0 aliphatic carbocycles. The summed E-state index contributed by atoms with van der Waals surface area (Å²) in [5.41, 5.74) is 5.73. The van der Waals surface area contributed by atoms with Crippen LogP contribution in [0.3, 0.4) is 0 Å². The van der Waals surface area contributed by atoms with Crippen molar-refractivity contribution in [2.45, 2.75) is 25.9 Å². The first-order valence-corrected chi connectivity index (χ1v) is 4.51. The Balaban J connectivity index is 2.75. The van der Waals surface area contributed by atoms with E-state index < -0.39 is 0 Å². The van der Waals surface area contributed by atoms with Crippen LogP contribution in [0.2, 0.25) is 0 Å². The second-order valence-electron chi connectivity index (χ2n) is 3.23. The van der Waals surface area contributed by atoms with E-state index >= 15 is 0 Å². The highest BCUT2D eigenvalue weighted by Crippen LogP contribution is 2.19. The molecule has 3 N–H and O–H groups in total. The van der Waals surface area contributed by atoms with E-state index in [0.29, 0.717) is 11.6 Å². The van der Waals surface area contributed by atoms with E-state index in [1.165, 1.54) is 6.33 Å². The number of nitrogens with two attached hydrogens (primary N) is 1. The molecular formula is C9H16N4O. The zero-order valence-electron chi connectivity index (χ0n) is 8.69. The van der Waals surface area contributed by atoms with Crippen LogP contribution in [0.5, 0.6) is 5.75 Å². The third-order valence-electron chi connectivity index (χ3n) is 2.05. The molecule has 0 aliphatic heterocycles. The maximum Gasteiger partial charge on any atom is 0.179 e. The van der Waals surface area contributed by atoms with Crippen molar-refractivity contribution in [3.05, 3.63) is 12.5 Å². The molecule has 0 saturated heterocycles. The third-order valence-corrected chi connectivity index (χ3v) is 2.05. The summed E-state index contributed by atoms with van der Waals surface area (Å²) < 4.78 is 5.10. The van der Waals surface area contributed by atoms with E-state index in [1.807, 2.05) is 13.8 Å². The number of ether oxygens (including phenoxy) is 1. The fourth-order valence-electron chi connectivity index (χ4n) is 0.922. The van der Waals surface area contributed by atoms with Crippen molar-refractivity contribution in [2.24, 2.45) is 5.73 Å². The predicted molar refractivity (Wildman–Crippen MR) is 55.3 cm³/mol. The lowest BCUT2D eigenvalue weighted by Crippen LogP contribution is -2.35. The van der Waals surface area contributed by atoms with Gasteiger partial charge in [0.05, 0.1) is 13.3 Å². The Morgan fingerprint density at radius 3 is 2.79 bits per heavy atom. The van der Waals surface area contributed by atoms with Gasteiger partial charge < -0.3 is 15.8 Å². The molecule has 0 aromatic carbocycles. The third kappa shape index (κ3) is 2.56. The average Bonchev–Trinajstić information content (AvgIpc) is 2.18. The van der Waals surface area contributed by atoms with Crippen molar-refractivity contribution in [3.8, 4) is 5.75 Å². The first kappa shape index (κ1) is 10.7. The van der Waals surface area contributed by atoms with Gasteiger partial charge in [0, 0.05) is 12.1 Å². The molecule has 1 heterocycles. The van der Waals surface area contributed by atoms with Gasteiger partial charge in [-0.3, -0.25) is 0 Å². The highest BCUT2D eigenvalue weighted by molar-refractivity contribution is 5.48. The van der Waals surface area contributed by atoms with Crippen molar-refractivity contribution in [1.29, 1.82) is 0 Å². The Bertz CT molecular complexity index is 290. The summed E-state index contributed by atoms with van der Waals surface area (Å²) in [6.07, 6.45) is 3.09. The topological polar surface area (TPSA) is 73.1 Å². The Hall–Kier alpha value is -1.36. The molecule has 0 bridgehead atoms. The number of nitrogens with one attached hydrogen (secondary N) is 1. The van der Waals surface area contributed by atoms with Crippen LogP contribution in [0.1, 0.15) is 13.8 Å². The minimum Gasteiger partial charge on any atom is -0.491 e. The van der Waals surface area contributed by atoms with Crippen LogP contribution in [0, 0.1) is 0 Å². The monoisotopic (exact) mass is 196 g/mol. The molecule has 0 radical (unpaired) electrons. The molecule has 14 heavy (non-hydrogen) atoms. The van der Waals surface area contributed by atoms with Gasteiger partial charge in [-0.2, -0.15) is 0 Å². The normalized spacial score (nSPS) is 14.6. The number of aromatic nitrogens is 2. The lowest BCUT2D eigenvalue weighted by Gasteiger charge is -2.18. The molecule has 2 unspecified atom stereocenters. The molecule has 0 spiro atoms. The summed E-state index contributed by atoms with van der Waals surface area (Å²) in [6.45, 7) is 3.93. The standard InChI is InChI=1S/C9H16N4O/c1-6(10)7(2)13-9-8(14-3)4-11-5-12-9/h4-7H,10H2,1-3H3,(H,11,12,13). The molecule has 1 aromatic rings. The van der Waals surface area contributed by atoms with Gasteiger partial charge in [-0.15, -0.1) is 0 Å². The second-order valence-corrected chi connectivity index (χ2v) is 3.23. The van der Waals surface area contributed by atoms with E-state index in [9.17, 15) is 0 Å². The van der Waals surface area contributed by atoms with Gasteiger partial charge in [-0.25, -0.2) is 9.97 Å². The first-order valence-electron chi connectivity index (χ1n) is 4.51. The largest absolute Gasteiger partial charge is 0.491 e. The second kappa shape index (κ2) is 4.76. The fraction of sp³-hybridized carbons (Fsp3) is 0.556. The molecule has 0 amide bonds. The van der Waals surface area contributed by atoms with Crippen LogP contribution < -0.4 is 15.8 Å². The van der Waals surface area contributed by atoms with Crippen molar-refractivity contribution < 1.29 is 4.74 Å². The summed E-state index contributed by atoms with van der Waals surface area (Å²) in [5, 5.41) is 3.16. The molecule has 0 fully saturated rings. The molecular weight excluding hydrogens is 180 g/mol. The van der Waals surface area contributed by atoms with Gasteiger partial charge in [-0.05, 0) is 13.8 Å². The Morgan fingerprint density at radius 1 is 1.50 bits per heavy atom. The van der Waals surface area contributed by atoms with E-state index in [0.717, 1.165) is 0 Å². The maximum atomic E-state index is 5.73. The number of hydrogen-bond acceptors (Lipinski definition) is 5. The zero-order chi connectivity index (χ0) is 10.6. The van der Waals surface area contributed by atoms with Crippen molar-refractivity contribution in [2.75, 3.05) is 12.4 Å². The maximum absolute atomic E-state index is 5.73. The smallest absolute Gasteiger partial charge is 0.179 e. The van der Waals surface area contributed by atoms with Crippen molar-refractivity contribution in [3.63, 3.8) is 0 Å². The van der Waals surface area contributed by atoms with E-state index in [4.69, 9.17) is 10.5 Å². The minimum absolute atomic E-state index is 0.0506. The van der Waals surface area contributed by atoms with Gasteiger partial charge in [0.25, 0.3) is 0 Å². The van der Waals surface area contributed by atoms with E-state index in [2.05, 4.69) is 15.3 Å². The van der Waals surface area contributed by atoms with Crippen LogP contribution in [0.4, 0.5) is 5.82 Å². The van der Waals surface area contributed by atoms with Gasteiger partial charge in [0.2, 0.25) is 0 Å². The number of anilines is 1. The predicted octanol–water partition coefficient (Wildman–Crippen LogP) is 0.633. The molecule has 1 rings (SSSR count). The van der Waals surface area contributed by atoms with Crippen LogP contribution in [-0.4, -0.2) is 29.2 Å². The quantitative estimate of drug-likeness (QED) is 0.739. The van der Waals surface area contributed by atoms with Crippen LogP contribution in [0.25, 0.3) is 0 Å². The van der Waals surface area contributed by atoms with Crippen LogP contribution in [0.15, 0.2) is 12.5 Å². The highest BCUT2D eigenvalue weighted by Gasteiger charge is 2.10. The Kier molecular flexibility index (Phi) is 3.64. The van der Waals surface area contributed by atoms with Crippen LogP contribution >= 0.6 is 0 Å². The van der Waals surface area contributed by atoms with E-state index in [-0.39, 0.29) is 12.1 Å². The van der Waals surface area contributed by atoms with Crippen LogP contribution in [-0.2, 0) is 0 Å².